The molecule has 1 aromatic carbocycles. The molecule has 1 aliphatic rings. The van der Waals surface area contributed by atoms with E-state index in [2.05, 4.69) is 6.58 Å². The zero-order valence-electron chi connectivity index (χ0n) is 8.29. The van der Waals surface area contributed by atoms with Crippen LogP contribution in [-0.2, 0) is 11.2 Å². The van der Waals surface area contributed by atoms with Crippen molar-refractivity contribution >= 4 is 11.4 Å². The maximum absolute atomic E-state index is 13.0. The Morgan fingerprint density at radius 2 is 2.13 bits per heavy atom. The highest BCUT2D eigenvalue weighted by Gasteiger charge is 2.20. The number of halogens is 1. The SMILES string of the molecule is C=C/C=C1\C(=O)CCc2cc(F)ccc21. The van der Waals surface area contributed by atoms with Gasteiger partial charge in [0.15, 0.2) is 5.78 Å². The van der Waals surface area contributed by atoms with E-state index in [1.807, 2.05) is 0 Å². The van der Waals surface area contributed by atoms with Gasteiger partial charge < -0.3 is 0 Å². The fourth-order valence-corrected chi connectivity index (χ4v) is 1.87. The number of hydrogen-bond acceptors (Lipinski definition) is 1. The summed E-state index contributed by atoms with van der Waals surface area (Å²) in [7, 11) is 0. The fourth-order valence-electron chi connectivity index (χ4n) is 1.87. The van der Waals surface area contributed by atoms with Crippen molar-refractivity contribution in [3.63, 3.8) is 0 Å². The second kappa shape index (κ2) is 3.81. The van der Waals surface area contributed by atoms with Gasteiger partial charge in [-0.1, -0.05) is 24.8 Å². The van der Waals surface area contributed by atoms with Crippen LogP contribution in [0.25, 0.3) is 5.57 Å². The molecule has 0 bridgehead atoms. The Hall–Kier alpha value is -1.70. The third-order valence-electron chi connectivity index (χ3n) is 2.56. The Morgan fingerprint density at radius 3 is 2.87 bits per heavy atom. The first kappa shape index (κ1) is 9.84. The van der Waals surface area contributed by atoms with Gasteiger partial charge in [-0.25, -0.2) is 4.39 Å². The van der Waals surface area contributed by atoms with Crippen LogP contribution in [0.15, 0.2) is 36.9 Å². The lowest BCUT2D eigenvalue weighted by Gasteiger charge is -2.17. The molecule has 2 heteroatoms. The molecule has 0 unspecified atom stereocenters. The van der Waals surface area contributed by atoms with Crippen LogP contribution in [0.2, 0.25) is 0 Å². The number of ketones is 1. The van der Waals surface area contributed by atoms with Crippen LogP contribution in [0.3, 0.4) is 0 Å². The predicted octanol–water partition coefficient (Wildman–Crippen LogP) is 2.91. The van der Waals surface area contributed by atoms with Gasteiger partial charge in [-0.3, -0.25) is 4.79 Å². The molecular formula is C13H11FO. The Balaban J connectivity index is 2.58. The largest absolute Gasteiger partial charge is 0.294 e. The molecule has 0 spiro atoms. The number of benzene rings is 1. The van der Waals surface area contributed by atoms with E-state index in [0.29, 0.717) is 18.4 Å². The molecule has 0 atom stereocenters. The molecule has 76 valence electrons. The van der Waals surface area contributed by atoms with Gasteiger partial charge in [-0.15, -0.1) is 0 Å². The van der Waals surface area contributed by atoms with E-state index in [-0.39, 0.29) is 11.6 Å². The van der Waals surface area contributed by atoms with Crippen LogP contribution in [-0.4, -0.2) is 5.78 Å². The molecule has 1 aromatic rings. The third-order valence-corrected chi connectivity index (χ3v) is 2.56. The molecule has 0 heterocycles. The number of carbonyl (C=O) groups excluding carboxylic acids is 1. The van der Waals surface area contributed by atoms with Crippen LogP contribution in [0.4, 0.5) is 4.39 Å². The molecule has 0 N–H and O–H groups in total. The zero-order valence-corrected chi connectivity index (χ0v) is 8.29. The smallest absolute Gasteiger partial charge is 0.163 e. The van der Waals surface area contributed by atoms with Gasteiger partial charge in [-0.05, 0) is 29.7 Å². The summed E-state index contributed by atoms with van der Waals surface area (Å²) in [6.45, 7) is 3.58. The highest BCUT2D eigenvalue weighted by molar-refractivity contribution is 6.22. The molecule has 0 fully saturated rings. The van der Waals surface area contributed by atoms with Crippen LogP contribution >= 0.6 is 0 Å². The summed E-state index contributed by atoms with van der Waals surface area (Å²) in [4.78, 5) is 11.6. The molecule has 0 aromatic heterocycles. The van der Waals surface area contributed by atoms with Gasteiger partial charge in [0.2, 0.25) is 0 Å². The number of allylic oxidation sites excluding steroid dienone is 3. The van der Waals surface area contributed by atoms with E-state index in [1.54, 1.807) is 18.2 Å². The van der Waals surface area contributed by atoms with Gasteiger partial charge in [0.05, 0.1) is 0 Å². The fraction of sp³-hybridized carbons (Fsp3) is 0.154. The summed E-state index contributed by atoms with van der Waals surface area (Å²) in [5.41, 5.74) is 2.39. The van der Waals surface area contributed by atoms with Crippen LogP contribution in [0, 0.1) is 5.82 Å². The summed E-state index contributed by atoms with van der Waals surface area (Å²) in [5, 5.41) is 0. The summed E-state index contributed by atoms with van der Waals surface area (Å²) < 4.78 is 13.0. The molecule has 0 saturated heterocycles. The molecule has 2 rings (SSSR count). The molecule has 0 saturated carbocycles. The Bertz CT molecular complexity index is 458. The molecule has 15 heavy (non-hydrogen) atoms. The van der Waals surface area contributed by atoms with Crippen molar-refractivity contribution in [2.45, 2.75) is 12.8 Å². The van der Waals surface area contributed by atoms with Gasteiger partial charge in [-0.2, -0.15) is 0 Å². The number of aryl methyl sites for hydroxylation is 1. The lowest BCUT2D eigenvalue weighted by atomic mass is 9.86. The minimum Gasteiger partial charge on any atom is -0.294 e. The first-order valence-electron chi connectivity index (χ1n) is 4.87. The second-order valence-corrected chi connectivity index (χ2v) is 3.54. The van der Waals surface area contributed by atoms with Crippen molar-refractivity contribution in [1.82, 2.24) is 0 Å². The van der Waals surface area contributed by atoms with Gasteiger partial charge in [0.1, 0.15) is 5.82 Å². The number of hydrogen-bond donors (Lipinski definition) is 0. The van der Waals surface area contributed by atoms with Crippen LogP contribution in [0.5, 0.6) is 0 Å². The van der Waals surface area contributed by atoms with Crippen molar-refractivity contribution in [3.8, 4) is 0 Å². The molecule has 1 aliphatic carbocycles. The Kier molecular flexibility index (Phi) is 2.50. The quantitative estimate of drug-likeness (QED) is 0.640. The van der Waals surface area contributed by atoms with Gasteiger partial charge in [0.25, 0.3) is 0 Å². The minimum absolute atomic E-state index is 0.106. The number of fused-ring (bicyclic) bond motifs is 1. The van der Waals surface area contributed by atoms with E-state index in [9.17, 15) is 9.18 Å². The van der Waals surface area contributed by atoms with Crippen LogP contribution < -0.4 is 0 Å². The Labute approximate surface area is 87.9 Å². The lowest BCUT2D eigenvalue weighted by Crippen LogP contribution is -2.12. The van der Waals surface area contributed by atoms with Gasteiger partial charge in [0, 0.05) is 12.0 Å². The van der Waals surface area contributed by atoms with Gasteiger partial charge >= 0.3 is 0 Å². The number of Topliss-reactive ketones (excluding diaryl/α,β-unsaturated/α-hetero) is 1. The van der Waals surface area contributed by atoms with E-state index in [0.717, 1.165) is 11.1 Å². The second-order valence-electron chi connectivity index (χ2n) is 3.54. The molecule has 0 amide bonds. The maximum Gasteiger partial charge on any atom is 0.163 e. The van der Waals surface area contributed by atoms with E-state index in [1.165, 1.54) is 12.1 Å². The zero-order chi connectivity index (χ0) is 10.8. The topological polar surface area (TPSA) is 17.1 Å². The average Bonchev–Trinajstić information content (AvgIpc) is 2.22. The monoisotopic (exact) mass is 202 g/mol. The maximum atomic E-state index is 13.0. The van der Waals surface area contributed by atoms with Crippen molar-refractivity contribution in [3.05, 3.63) is 53.9 Å². The Morgan fingerprint density at radius 1 is 1.33 bits per heavy atom. The summed E-state index contributed by atoms with van der Waals surface area (Å²) in [5.74, 6) is -0.143. The summed E-state index contributed by atoms with van der Waals surface area (Å²) >= 11 is 0. The van der Waals surface area contributed by atoms with E-state index >= 15 is 0 Å². The molecule has 0 aliphatic heterocycles. The molecule has 1 nitrogen and oxygen atoms in total. The standard InChI is InChI=1S/C13H11FO/c1-2-3-12-11-6-5-10(14)8-9(11)4-7-13(12)15/h2-3,5-6,8H,1,4,7H2/b12-3-. The van der Waals surface area contributed by atoms with Crippen molar-refractivity contribution in [1.29, 1.82) is 0 Å². The predicted molar refractivity (Wildman–Crippen MR) is 57.9 cm³/mol. The van der Waals surface area contributed by atoms with Crippen molar-refractivity contribution in [2.24, 2.45) is 0 Å². The van der Waals surface area contributed by atoms with Crippen LogP contribution in [0.1, 0.15) is 17.5 Å². The van der Waals surface area contributed by atoms with Crippen molar-refractivity contribution in [2.75, 3.05) is 0 Å². The number of carbonyl (C=O) groups is 1. The van der Waals surface area contributed by atoms with E-state index in [4.69, 9.17) is 0 Å². The highest BCUT2D eigenvalue weighted by atomic mass is 19.1. The third kappa shape index (κ3) is 1.75. The molecular weight excluding hydrogens is 191 g/mol. The normalized spacial score (nSPS) is 17.7. The summed E-state index contributed by atoms with van der Waals surface area (Å²) in [6.07, 6.45) is 4.36. The van der Waals surface area contributed by atoms with Crippen molar-refractivity contribution < 1.29 is 9.18 Å². The minimum atomic E-state index is -0.249. The molecule has 0 radical (unpaired) electrons. The van der Waals surface area contributed by atoms with E-state index < -0.39 is 0 Å². The first-order valence-corrected chi connectivity index (χ1v) is 4.87. The summed E-state index contributed by atoms with van der Waals surface area (Å²) in [6, 6.07) is 4.55. The lowest BCUT2D eigenvalue weighted by molar-refractivity contribution is -0.113. The highest BCUT2D eigenvalue weighted by Crippen LogP contribution is 2.28. The first-order chi connectivity index (χ1) is 7.22. The average molecular weight is 202 g/mol. The number of rotatable bonds is 1.